The molecule has 0 amide bonds. The summed E-state index contributed by atoms with van der Waals surface area (Å²) in [5.74, 6) is 1.73. The van der Waals surface area contributed by atoms with Crippen LogP contribution < -0.4 is 9.80 Å². The molecule has 0 saturated heterocycles. The number of hydrogen-bond donors (Lipinski definition) is 1. The standard InChI is InChI=1S/C82H52N4S2/c1-3-17-52(18-4-1)54-31-38-59(39-32-54)85(80-50-72-67-27-13-15-29-74(67)87-75(72)51-83-80)61-42-35-58-47-78(68-44-37-57-22-8-10-24-63(57)81(68)70(58)48-61)88-76-30-16-14-28-69(76)82-77(88)45-46-79(84-82)86(60-40-33-55(34-41-60)53-19-5-2-6-20-53)73-49-71-62-23-9-7-21-56(62)36-43-65(71)64-25-11-12-26-66(64)73/h1-51,88H. The van der Waals surface area contributed by atoms with Crippen molar-refractivity contribution in [3.8, 4) is 33.5 Å². The van der Waals surface area contributed by atoms with Gasteiger partial charge in [0.1, 0.15) is 11.6 Å². The summed E-state index contributed by atoms with van der Waals surface area (Å²) < 4.78 is 2.44. The lowest BCUT2D eigenvalue weighted by Crippen LogP contribution is -2.12. The van der Waals surface area contributed by atoms with E-state index >= 15 is 0 Å². The third-order valence-corrected chi connectivity index (χ3v) is 21.6. The average Bonchev–Trinajstić information content (AvgIpc) is 1.57. The smallest absolute Gasteiger partial charge is 0.138 e. The first-order valence-corrected chi connectivity index (χ1v) is 32.1. The quantitative estimate of drug-likeness (QED) is 0.115. The van der Waals surface area contributed by atoms with Crippen LogP contribution in [0.4, 0.5) is 34.4 Å². The molecule has 14 aromatic carbocycles. The molecule has 0 spiro atoms. The Morgan fingerprint density at radius 2 is 0.864 bits per heavy atom. The van der Waals surface area contributed by atoms with E-state index in [-0.39, 0.29) is 0 Å². The molecule has 0 bridgehead atoms. The maximum absolute atomic E-state index is 5.92. The Hall–Kier alpha value is -10.9. The number of rotatable bonds is 9. The molecule has 18 rings (SSSR count). The van der Waals surface area contributed by atoms with Crippen LogP contribution in [-0.4, -0.2) is 9.97 Å². The van der Waals surface area contributed by atoms with Crippen molar-refractivity contribution >= 4 is 141 Å². The predicted octanol–water partition coefficient (Wildman–Crippen LogP) is 23.5. The van der Waals surface area contributed by atoms with Crippen molar-refractivity contribution in [3.05, 3.63) is 310 Å². The second-order valence-electron chi connectivity index (χ2n) is 22.9. The molecule has 0 N–H and O–H groups in total. The summed E-state index contributed by atoms with van der Waals surface area (Å²) in [5.41, 5.74) is 11.1. The summed E-state index contributed by atoms with van der Waals surface area (Å²) in [5, 5.41) is 17.0. The van der Waals surface area contributed by atoms with Crippen LogP contribution in [0.15, 0.2) is 324 Å². The molecule has 1 atom stereocenters. The highest BCUT2D eigenvalue weighted by atomic mass is 32.2. The van der Waals surface area contributed by atoms with Gasteiger partial charge in [0.2, 0.25) is 0 Å². The predicted molar refractivity (Wildman–Crippen MR) is 376 cm³/mol. The first-order valence-electron chi connectivity index (χ1n) is 29.9. The van der Waals surface area contributed by atoms with E-state index in [9.17, 15) is 0 Å². The van der Waals surface area contributed by atoms with Crippen LogP contribution in [-0.2, 0) is 0 Å². The Kier molecular flexibility index (Phi) is 11.7. The van der Waals surface area contributed by atoms with E-state index in [0.717, 1.165) is 45.5 Å². The Balaban J connectivity index is 0.826. The third-order valence-electron chi connectivity index (χ3n) is 18.0. The van der Waals surface area contributed by atoms with Gasteiger partial charge in [-0.25, -0.2) is 9.97 Å². The van der Waals surface area contributed by atoms with Crippen LogP contribution in [0.1, 0.15) is 0 Å². The molecule has 0 radical (unpaired) electrons. The summed E-state index contributed by atoms with van der Waals surface area (Å²) in [4.78, 5) is 19.8. The number of benzene rings is 14. The van der Waals surface area contributed by atoms with Gasteiger partial charge in [-0.2, -0.15) is 10.9 Å². The minimum Gasteiger partial charge on any atom is -0.295 e. The Labute approximate surface area is 515 Å². The van der Waals surface area contributed by atoms with E-state index in [2.05, 4.69) is 319 Å². The van der Waals surface area contributed by atoms with Gasteiger partial charge in [-0.1, -0.05) is 224 Å². The maximum Gasteiger partial charge on any atom is 0.138 e. The van der Waals surface area contributed by atoms with Crippen LogP contribution in [0.2, 0.25) is 0 Å². The SMILES string of the molecule is c1ccc(-c2ccc(N(c3ccc4cc([SH]5c6ccccc6-c6nc(N(c7ccc(-c8ccccc8)cc7)c7cc8c9ccccc9ccc8c8ccccc78)ccc65)c5ccc6ccccc6c5c4c3)c3cc4c(cn3)sc3ccccc34)cc2)cc1. The zero-order valence-corrected chi connectivity index (χ0v) is 49.3. The monoisotopic (exact) mass is 1160 g/mol. The molecule has 0 aliphatic carbocycles. The number of fused-ring (bicyclic) bond motifs is 16. The molecule has 3 aromatic heterocycles. The van der Waals surface area contributed by atoms with Gasteiger partial charge in [-0.3, -0.25) is 9.80 Å². The number of hydrogen-bond acceptors (Lipinski definition) is 5. The number of thiophene rings is 1. The van der Waals surface area contributed by atoms with Gasteiger partial charge in [0.05, 0.1) is 16.1 Å². The summed E-state index contributed by atoms with van der Waals surface area (Å²) in [6, 6.07) is 112. The second-order valence-corrected chi connectivity index (χ2v) is 26.1. The van der Waals surface area contributed by atoms with E-state index in [0.29, 0.717) is 0 Å². The molecular weight excluding hydrogens is 1110 g/mol. The first-order chi connectivity index (χ1) is 43.6. The van der Waals surface area contributed by atoms with E-state index in [1.165, 1.54) is 122 Å². The molecule has 6 heteroatoms. The van der Waals surface area contributed by atoms with Crippen LogP contribution in [0, 0.1) is 0 Å². The fourth-order valence-corrected chi connectivity index (χ4v) is 17.7. The fraction of sp³-hybridized carbons (Fsp3) is 0. The van der Waals surface area contributed by atoms with Crippen LogP contribution in [0.5, 0.6) is 0 Å². The van der Waals surface area contributed by atoms with E-state index < -0.39 is 10.9 Å². The molecule has 1 aliphatic rings. The van der Waals surface area contributed by atoms with Gasteiger partial charge >= 0.3 is 0 Å². The van der Waals surface area contributed by atoms with Crippen molar-refractivity contribution in [2.45, 2.75) is 14.7 Å². The highest BCUT2D eigenvalue weighted by Crippen LogP contribution is 2.64. The fourth-order valence-electron chi connectivity index (χ4n) is 13.9. The van der Waals surface area contributed by atoms with Crippen molar-refractivity contribution < 1.29 is 0 Å². The Morgan fingerprint density at radius 3 is 1.61 bits per heavy atom. The van der Waals surface area contributed by atoms with Gasteiger partial charge in [0, 0.05) is 64.4 Å². The maximum atomic E-state index is 5.92. The third kappa shape index (κ3) is 8.14. The highest BCUT2D eigenvalue weighted by molar-refractivity contribution is 8.17. The zero-order chi connectivity index (χ0) is 57.8. The van der Waals surface area contributed by atoms with Crippen molar-refractivity contribution in [2.75, 3.05) is 9.80 Å². The van der Waals surface area contributed by atoms with Gasteiger partial charge in [0.15, 0.2) is 0 Å². The number of thiol groups is 1. The number of aromatic nitrogens is 2. The van der Waals surface area contributed by atoms with E-state index in [1.54, 1.807) is 11.3 Å². The lowest BCUT2D eigenvalue weighted by Gasteiger charge is -2.28. The van der Waals surface area contributed by atoms with Crippen LogP contribution >= 0.6 is 22.2 Å². The van der Waals surface area contributed by atoms with E-state index in [4.69, 9.17) is 9.97 Å². The van der Waals surface area contributed by atoms with Crippen molar-refractivity contribution in [2.24, 2.45) is 0 Å². The second kappa shape index (κ2) is 20.4. The van der Waals surface area contributed by atoms with Crippen molar-refractivity contribution in [3.63, 3.8) is 0 Å². The summed E-state index contributed by atoms with van der Waals surface area (Å²) in [7, 11) is -1.08. The van der Waals surface area contributed by atoms with Gasteiger partial charge in [-0.15, -0.1) is 11.3 Å². The minimum atomic E-state index is -1.08. The normalized spacial score (nSPS) is 13.3. The number of anilines is 6. The molecular formula is C82H52N4S2. The van der Waals surface area contributed by atoms with Crippen molar-refractivity contribution in [1.82, 2.24) is 9.97 Å². The molecule has 412 valence electrons. The molecule has 17 aromatic rings. The van der Waals surface area contributed by atoms with Crippen LogP contribution in [0.25, 0.3) is 118 Å². The molecule has 0 fully saturated rings. The van der Waals surface area contributed by atoms with Gasteiger partial charge < -0.3 is 0 Å². The first kappa shape index (κ1) is 50.4. The number of nitrogens with zero attached hydrogens (tertiary/aromatic N) is 4. The van der Waals surface area contributed by atoms with Gasteiger partial charge in [-0.05, 0) is 160 Å². The average molecular weight is 1160 g/mol. The highest BCUT2D eigenvalue weighted by Gasteiger charge is 2.32. The molecule has 1 aliphatic heterocycles. The topological polar surface area (TPSA) is 32.3 Å². The zero-order valence-electron chi connectivity index (χ0n) is 47.6. The Bertz CT molecular complexity index is 5650. The van der Waals surface area contributed by atoms with E-state index in [1.807, 2.05) is 0 Å². The lowest BCUT2D eigenvalue weighted by molar-refractivity contribution is 1.16. The van der Waals surface area contributed by atoms with Gasteiger partial charge in [0.25, 0.3) is 0 Å². The molecule has 0 saturated carbocycles. The van der Waals surface area contributed by atoms with Crippen molar-refractivity contribution in [1.29, 1.82) is 0 Å². The summed E-state index contributed by atoms with van der Waals surface area (Å²) in [6.45, 7) is 0. The summed E-state index contributed by atoms with van der Waals surface area (Å²) >= 11 is 1.80. The molecule has 1 unspecified atom stereocenters. The minimum absolute atomic E-state index is 0.865. The largest absolute Gasteiger partial charge is 0.295 e. The number of pyridine rings is 2. The molecule has 88 heavy (non-hydrogen) atoms. The molecule has 4 heterocycles. The summed E-state index contributed by atoms with van der Waals surface area (Å²) in [6.07, 6.45) is 2.06. The van der Waals surface area contributed by atoms with Crippen LogP contribution in [0.3, 0.4) is 0 Å². The molecule has 4 nitrogen and oxygen atoms in total. The lowest BCUT2D eigenvalue weighted by atomic mass is 9.95. The Morgan fingerprint density at radius 1 is 0.295 bits per heavy atom.